The maximum Gasteiger partial charge on any atom is 0.244 e. The smallest absolute Gasteiger partial charge is 0.244 e. The molecule has 0 fully saturated rings. The molecule has 2 amide bonds. The summed E-state index contributed by atoms with van der Waals surface area (Å²) in [4.78, 5) is 28.5. The summed E-state index contributed by atoms with van der Waals surface area (Å²) >= 11 is 0. The summed E-state index contributed by atoms with van der Waals surface area (Å²) < 4.78 is 52.0. The number of hydrogen-bond acceptors (Lipinski definition) is 6. The Morgan fingerprint density at radius 2 is 1.60 bits per heavy atom. The number of ether oxygens (including phenoxy) is 2. The van der Waals surface area contributed by atoms with E-state index in [-0.39, 0.29) is 30.0 Å². The Labute approximate surface area is 234 Å². The molecule has 3 rings (SSSR count). The normalized spacial score (nSPS) is 11.8. The van der Waals surface area contributed by atoms with Crippen molar-refractivity contribution in [3.05, 3.63) is 89.7 Å². The molecule has 1 atom stereocenters. The van der Waals surface area contributed by atoms with E-state index in [0.717, 1.165) is 16.1 Å². The van der Waals surface area contributed by atoms with E-state index < -0.39 is 40.2 Å². The van der Waals surface area contributed by atoms with Crippen molar-refractivity contribution in [2.45, 2.75) is 25.9 Å². The average Bonchev–Trinajstić information content (AvgIpc) is 2.94. The summed E-state index contributed by atoms with van der Waals surface area (Å²) in [5.74, 6) is -1.02. The summed E-state index contributed by atoms with van der Waals surface area (Å²) in [7, 11) is -1.11. The fourth-order valence-electron chi connectivity index (χ4n) is 4.25. The number of anilines is 1. The van der Waals surface area contributed by atoms with Gasteiger partial charge in [0.05, 0.1) is 26.2 Å². The summed E-state index contributed by atoms with van der Waals surface area (Å²) in [5, 5.41) is 2.76. The van der Waals surface area contributed by atoms with Gasteiger partial charge in [0, 0.05) is 31.1 Å². The van der Waals surface area contributed by atoms with Gasteiger partial charge in [-0.15, -0.1) is 0 Å². The molecule has 0 bridgehead atoms. The minimum Gasteiger partial charge on any atom is -0.493 e. The van der Waals surface area contributed by atoms with Crippen molar-refractivity contribution in [3.63, 3.8) is 0 Å². The predicted octanol–water partition coefficient (Wildman–Crippen LogP) is 3.39. The Morgan fingerprint density at radius 1 is 0.950 bits per heavy atom. The number of rotatable bonds is 13. The Hall–Kier alpha value is -4.12. The minimum atomic E-state index is -3.97. The van der Waals surface area contributed by atoms with Crippen LogP contribution in [0.4, 0.5) is 10.1 Å². The fraction of sp³-hybridized carbons (Fsp3) is 0.310. The van der Waals surface area contributed by atoms with Crippen molar-refractivity contribution in [2.24, 2.45) is 0 Å². The number of carbonyl (C=O) groups is 2. The molecular weight excluding hydrogens is 537 g/mol. The maximum atomic E-state index is 14.8. The third-order valence-corrected chi connectivity index (χ3v) is 7.40. The third-order valence-electron chi connectivity index (χ3n) is 6.25. The zero-order valence-electron chi connectivity index (χ0n) is 23.0. The molecule has 0 aromatic heterocycles. The van der Waals surface area contributed by atoms with Crippen molar-refractivity contribution in [1.29, 1.82) is 0 Å². The average molecular weight is 572 g/mol. The molecule has 0 radical (unpaired) electrons. The van der Waals surface area contributed by atoms with Gasteiger partial charge in [0.15, 0.2) is 11.5 Å². The molecule has 11 heteroatoms. The molecule has 0 aliphatic heterocycles. The second-order valence-corrected chi connectivity index (χ2v) is 10.9. The lowest BCUT2D eigenvalue weighted by Crippen LogP contribution is -2.53. The summed E-state index contributed by atoms with van der Waals surface area (Å²) in [6, 6.07) is 18.5. The van der Waals surface area contributed by atoms with Crippen LogP contribution in [0.5, 0.6) is 11.5 Å². The van der Waals surface area contributed by atoms with Gasteiger partial charge in [-0.1, -0.05) is 48.5 Å². The highest BCUT2D eigenvalue weighted by atomic mass is 32.2. The summed E-state index contributed by atoms with van der Waals surface area (Å²) in [6.07, 6.45) is 1.12. The molecule has 1 N–H and O–H groups in total. The zero-order chi connectivity index (χ0) is 29.3. The first-order valence-electron chi connectivity index (χ1n) is 12.6. The largest absolute Gasteiger partial charge is 0.493 e. The van der Waals surface area contributed by atoms with Crippen molar-refractivity contribution in [1.82, 2.24) is 10.2 Å². The molecule has 3 aromatic rings. The lowest BCUT2D eigenvalue weighted by Gasteiger charge is -2.33. The first-order chi connectivity index (χ1) is 19.1. The molecule has 0 saturated carbocycles. The van der Waals surface area contributed by atoms with Crippen LogP contribution in [-0.2, 0) is 32.6 Å². The van der Waals surface area contributed by atoms with Crippen LogP contribution in [0, 0.1) is 5.82 Å². The monoisotopic (exact) mass is 571 g/mol. The van der Waals surface area contributed by atoms with E-state index >= 15 is 0 Å². The van der Waals surface area contributed by atoms with Crippen LogP contribution in [0.1, 0.15) is 18.1 Å². The molecular formula is C29H34FN3O6S. The van der Waals surface area contributed by atoms with E-state index in [0.29, 0.717) is 12.3 Å². The van der Waals surface area contributed by atoms with Gasteiger partial charge < -0.3 is 19.7 Å². The fourth-order valence-corrected chi connectivity index (χ4v) is 5.09. The predicted molar refractivity (Wildman–Crippen MR) is 151 cm³/mol. The zero-order valence-corrected chi connectivity index (χ0v) is 23.8. The number of likely N-dealkylation sites (N-methyl/N-ethyl adjacent to an activating group) is 1. The number of nitrogens with one attached hydrogen (secondary N) is 1. The number of benzene rings is 3. The van der Waals surface area contributed by atoms with Crippen LogP contribution in [-0.4, -0.2) is 64.7 Å². The van der Waals surface area contributed by atoms with Gasteiger partial charge in [0.2, 0.25) is 21.8 Å². The van der Waals surface area contributed by atoms with E-state index in [9.17, 15) is 22.4 Å². The van der Waals surface area contributed by atoms with Gasteiger partial charge in [0.25, 0.3) is 0 Å². The molecule has 0 unspecified atom stereocenters. The number of carbonyl (C=O) groups excluding carboxylic acids is 2. The summed E-state index contributed by atoms with van der Waals surface area (Å²) in [6.45, 7) is 1.19. The van der Waals surface area contributed by atoms with Crippen molar-refractivity contribution in [2.75, 3.05) is 37.9 Å². The van der Waals surface area contributed by atoms with E-state index in [1.807, 2.05) is 30.3 Å². The van der Waals surface area contributed by atoms with Crippen LogP contribution < -0.4 is 19.1 Å². The van der Waals surface area contributed by atoms with Gasteiger partial charge in [-0.25, -0.2) is 12.8 Å². The van der Waals surface area contributed by atoms with Crippen LogP contribution in [0.2, 0.25) is 0 Å². The lowest BCUT2D eigenvalue weighted by atomic mass is 10.0. The molecule has 0 aliphatic carbocycles. The molecule has 214 valence electrons. The van der Waals surface area contributed by atoms with Crippen LogP contribution >= 0.6 is 0 Å². The second kappa shape index (κ2) is 13.8. The SMILES string of the molecule is CCNC(=O)[C@@H](Cc1ccccc1)N(Cc1ccccc1F)C(=O)CN(c1ccc(OC)c(OC)c1)S(C)(=O)=O. The summed E-state index contributed by atoms with van der Waals surface area (Å²) in [5.41, 5.74) is 1.14. The van der Waals surface area contributed by atoms with E-state index in [4.69, 9.17) is 9.47 Å². The quantitative estimate of drug-likeness (QED) is 0.337. The van der Waals surface area contributed by atoms with Gasteiger partial charge in [-0.3, -0.25) is 13.9 Å². The highest BCUT2D eigenvalue weighted by Crippen LogP contribution is 2.32. The van der Waals surface area contributed by atoms with E-state index in [1.165, 1.54) is 55.5 Å². The Balaban J connectivity index is 2.07. The van der Waals surface area contributed by atoms with Gasteiger partial charge in [-0.2, -0.15) is 0 Å². The number of methoxy groups -OCH3 is 2. The molecule has 9 nitrogen and oxygen atoms in total. The molecule has 0 heterocycles. The van der Waals surface area contributed by atoms with Crippen LogP contribution in [0.15, 0.2) is 72.8 Å². The van der Waals surface area contributed by atoms with E-state index in [1.54, 1.807) is 13.0 Å². The van der Waals surface area contributed by atoms with Crippen LogP contribution in [0.25, 0.3) is 0 Å². The number of halogens is 1. The van der Waals surface area contributed by atoms with Gasteiger partial charge in [0.1, 0.15) is 18.4 Å². The highest BCUT2D eigenvalue weighted by molar-refractivity contribution is 7.92. The molecule has 0 spiro atoms. The minimum absolute atomic E-state index is 0.141. The number of amides is 2. The number of nitrogens with zero attached hydrogens (tertiary/aromatic N) is 2. The lowest BCUT2D eigenvalue weighted by molar-refractivity contribution is -0.140. The molecule has 0 saturated heterocycles. The second-order valence-electron chi connectivity index (χ2n) is 9.02. The van der Waals surface area contributed by atoms with Crippen molar-refractivity contribution >= 4 is 27.5 Å². The Bertz CT molecular complexity index is 1420. The van der Waals surface area contributed by atoms with Crippen molar-refractivity contribution < 1.29 is 31.9 Å². The molecule has 3 aromatic carbocycles. The first-order valence-corrected chi connectivity index (χ1v) is 14.5. The van der Waals surface area contributed by atoms with Gasteiger partial charge >= 0.3 is 0 Å². The van der Waals surface area contributed by atoms with Crippen molar-refractivity contribution in [3.8, 4) is 11.5 Å². The van der Waals surface area contributed by atoms with E-state index in [2.05, 4.69) is 5.32 Å². The number of sulfonamides is 1. The first kappa shape index (κ1) is 30.4. The number of hydrogen-bond donors (Lipinski definition) is 1. The third kappa shape index (κ3) is 7.72. The highest BCUT2D eigenvalue weighted by Gasteiger charge is 2.33. The Kier molecular flexibility index (Phi) is 10.5. The maximum absolute atomic E-state index is 14.8. The topological polar surface area (TPSA) is 105 Å². The molecule has 40 heavy (non-hydrogen) atoms. The standard InChI is InChI=1S/C29H34FN3O6S/c1-5-31-29(35)25(17-21-11-7-6-8-12-21)32(19-22-13-9-10-14-24(22)30)28(34)20-33(40(4,36)37)23-15-16-26(38-2)27(18-23)39-3/h6-16,18,25H,5,17,19-20H2,1-4H3,(H,31,35)/t25-/m1/s1. The molecule has 0 aliphatic rings. The van der Waals surface area contributed by atoms with Gasteiger partial charge in [-0.05, 0) is 30.7 Å². The Morgan fingerprint density at radius 3 is 2.20 bits per heavy atom. The van der Waals surface area contributed by atoms with Crippen LogP contribution in [0.3, 0.4) is 0 Å².